The van der Waals surface area contributed by atoms with Gasteiger partial charge in [-0.1, -0.05) is 60.2 Å². The van der Waals surface area contributed by atoms with Gasteiger partial charge in [0.05, 0.1) is 49.5 Å². The Morgan fingerprint density at radius 3 is 1.46 bits per heavy atom. The maximum atomic E-state index is 12.7. The lowest BCUT2D eigenvalue weighted by Crippen LogP contribution is -2.27. The highest BCUT2D eigenvalue weighted by Gasteiger charge is 2.31. The molecule has 6 atom stereocenters. The van der Waals surface area contributed by atoms with Crippen LogP contribution in [-0.4, -0.2) is 101 Å². The Bertz CT molecular complexity index is 2320. The van der Waals surface area contributed by atoms with E-state index in [1.54, 1.807) is 41.6 Å². The number of carbonyl (C=O) groups is 4. The minimum absolute atomic E-state index is 0.0141. The monoisotopic (exact) mass is 867 g/mol. The summed E-state index contributed by atoms with van der Waals surface area (Å²) in [6.07, 6.45) is 8.19. The van der Waals surface area contributed by atoms with E-state index >= 15 is 0 Å². The van der Waals surface area contributed by atoms with E-state index < -0.39 is 55.7 Å². The summed E-state index contributed by atoms with van der Waals surface area (Å²) in [5.41, 5.74) is 19.3. The smallest absolute Gasteiger partial charge is 0.467 e. The molecule has 24 nitrogen and oxygen atoms in total. The molecule has 0 radical (unpaired) electrons. The first-order valence-corrected chi connectivity index (χ1v) is 20.9. The standard InChI is InChI=1S/C36H50N15O9P/c1-5-21(2)35(36(55)59-4)51-20-28(43-47-51)31(12-15-34(39)54)50-19-27(42-46-50)30(11-14-33(38)53)49-18-26(41-45-49)29(10-13-32(37)52)48-17-25(40-44-48)22(3)16-23-6-8-24(9-7-23)60-61(56,57)58/h6-9,17-22,29-31,35H,5,10-16H2,1-4H3,(H2,37,52)(H2,38,53)(H2,39,54)(H2,56,57,58)/t21?,22-,29+,30+,31-,35+/m1/s1. The molecule has 328 valence electrons. The molecule has 4 heterocycles. The number of benzene rings is 1. The third-order valence-electron chi connectivity index (χ3n) is 10.2. The topological polar surface area (TPSA) is 345 Å². The van der Waals surface area contributed by atoms with Gasteiger partial charge in [0.2, 0.25) is 17.7 Å². The van der Waals surface area contributed by atoms with Crippen molar-refractivity contribution in [3.8, 4) is 5.75 Å². The first kappa shape index (κ1) is 45.7. The van der Waals surface area contributed by atoms with Gasteiger partial charge in [0.25, 0.3) is 0 Å². The number of primary amides is 3. The van der Waals surface area contributed by atoms with Crippen LogP contribution in [0.4, 0.5) is 0 Å². The van der Waals surface area contributed by atoms with Crippen LogP contribution in [0.5, 0.6) is 5.75 Å². The van der Waals surface area contributed by atoms with Crippen molar-refractivity contribution in [1.29, 1.82) is 0 Å². The Morgan fingerprint density at radius 2 is 1.07 bits per heavy atom. The van der Waals surface area contributed by atoms with Gasteiger partial charge >= 0.3 is 13.8 Å². The number of nitrogens with zero attached hydrogens (tertiary/aromatic N) is 12. The number of hydrogen-bond donors (Lipinski definition) is 5. The molecule has 0 spiro atoms. The third-order valence-corrected chi connectivity index (χ3v) is 10.6. The van der Waals surface area contributed by atoms with Gasteiger partial charge in [-0.2, -0.15) is 0 Å². The number of carbonyl (C=O) groups excluding carboxylic acids is 4. The minimum atomic E-state index is -4.69. The highest BCUT2D eigenvalue weighted by Crippen LogP contribution is 2.38. The fourth-order valence-electron chi connectivity index (χ4n) is 6.75. The molecule has 3 amide bonds. The van der Waals surface area contributed by atoms with Crippen molar-refractivity contribution in [1.82, 2.24) is 60.0 Å². The first-order valence-electron chi connectivity index (χ1n) is 19.4. The summed E-state index contributed by atoms with van der Waals surface area (Å²) >= 11 is 0. The number of aromatic nitrogens is 12. The number of phosphoric ester groups is 1. The summed E-state index contributed by atoms with van der Waals surface area (Å²) < 4.78 is 26.8. The molecular weight excluding hydrogens is 817 g/mol. The molecule has 61 heavy (non-hydrogen) atoms. The van der Waals surface area contributed by atoms with Crippen LogP contribution in [0.2, 0.25) is 0 Å². The van der Waals surface area contributed by atoms with E-state index in [1.165, 1.54) is 33.3 Å². The van der Waals surface area contributed by atoms with Crippen molar-refractivity contribution in [2.45, 2.75) is 102 Å². The molecule has 25 heteroatoms. The molecule has 0 fully saturated rings. The Kier molecular flexibility index (Phi) is 15.2. The average molecular weight is 868 g/mol. The van der Waals surface area contributed by atoms with E-state index in [0.29, 0.717) is 35.6 Å². The molecule has 4 aromatic heterocycles. The Morgan fingerprint density at radius 1 is 0.672 bits per heavy atom. The van der Waals surface area contributed by atoms with Crippen molar-refractivity contribution in [2.24, 2.45) is 23.1 Å². The molecule has 8 N–H and O–H groups in total. The van der Waals surface area contributed by atoms with Crippen molar-refractivity contribution in [3.63, 3.8) is 0 Å². The fourth-order valence-corrected chi connectivity index (χ4v) is 7.15. The van der Waals surface area contributed by atoms with Crippen LogP contribution in [0.3, 0.4) is 0 Å². The summed E-state index contributed by atoms with van der Waals surface area (Å²) in [5, 5.41) is 34.9. The summed E-state index contributed by atoms with van der Waals surface area (Å²) in [6, 6.07) is 3.51. The molecule has 0 aliphatic rings. The summed E-state index contributed by atoms with van der Waals surface area (Å²) in [4.78, 5) is 66.8. The van der Waals surface area contributed by atoms with Crippen LogP contribution in [0, 0.1) is 5.92 Å². The van der Waals surface area contributed by atoms with E-state index in [4.69, 9.17) is 31.7 Å². The highest BCUT2D eigenvalue weighted by atomic mass is 31.2. The third kappa shape index (κ3) is 12.3. The number of hydrogen-bond acceptors (Lipinski definition) is 15. The lowest BCUT2D eigenvalue weighted by Gasteiger charge is -2.20. The van der Waals surface area contributed by atoms with Crippen LogP contribution in [0.25, 0.3) is 0 Å². The van der Waals surface area contributed by atoms with E-state index in [2.05, 4.69) is 45.8 Å². The number of phosphoric acid groups is 1. The molecule has 1 aromatic carbocycles. The van der Waals surface area contributed by atoms with Crippen molar-refractivity contribution >= 4 is 31.5 Å². The second-order valence-electron chi connectivity index (χ2n) is 14.7. The van der Waals surface area contributed by atoms with Gasteiger partial charge in [-0.25, -0.2) is 28.1 Å². The molecular formula is C36H50N15O9P. The second-order valence-corrected chi connectivity index (χ2v) is 15.9. The zero-order valence-corrected chi connectivity index (χ0v) is 34.9. The van der Waals surface area contributed by atoms with Gasteiger partial charge in [0.15, 0.2) is 6.04 Å². The van der Waals surface area contributed by atoms with Gasteiger partial charge in [-0.05, 0) is 49.3 Å². The number of methoxy groups -OCH3 is 1. The maximum Gasteiger partial charge on any atom is 0.524 e. The molecule has 0 saturated carbocycles. The lowest BCUT2D eigenvalue weighted by molar-refractivity contribution is -0.146. The van der Waals surface area contributed by atoms with E-state index in [9.17, 15) is 23.7 Å². The molecule has 0 aliphatic heterocycles. The zero-order valence-electron chi connectivity index (χ0n) is 34.0. The predicted molar refractivity (Wildman–Crippen MR) is 212 cm³/mol. The fraction of sp³-hybridized carbons (Fsp3) is 0.500. The van der Waals surface area contributed by atoms with E-state index in [-0.39, 0.29) is 56.1 Å². The van der Waals surface area contributed by atoms with E-state index in [1.807, 2.05) is 20.8 Å². The van der Waals surface area contributed by atoms with Gasteiger partial charge in [-0.15, -0.1) is 20.4 Å². The summed E-state index contributed by atoms with van der Waals surface area (Å²) in [7, 11) is -3.39. The predicted octanol–water partition coefficient (Wildman–Crippen LogP) is 1.20. The minimum Gasteiger partial charge on any atom is -0.467 e. The maximum absolute atomic E-state index is 12.7. The number of amides is 3. The highest BCUT2D eigenvalue weighted by molar-refractivity contribution is 7.46. The zero-order chi connectivity index (χ0) is 44.4. The molecule has 5 rings (SSSR count). The number of esters is 1. The quantitative estimate of drug-likeness (QED) is 0.0429. The Balaban J connectivity index is 1.42. The molecule has 5 aromatic rings. The Hall–Kier alpha value is -6.39. The van der Waals surface area contributed by atoms with Crippen LogP contribution in [0.15, 0.2) is 49.1 Å². The van der Waals surface area contributed by atoms with Crippen molar-refractivity contribution in [3.05, 3.63) is 77.4 Å². The summed E-state index contributed by atoms with van der Waals surface area (Å²) in [6.45, 7) is 5.77. The lowest BCUT2D eigenvalue weighted by atomic mass is 9.98. The largest absolute Gasteiger partial charge is 0.524 e. The average Bonchev–Trinajstić information content (AvgIpc) is 4.04. The Labute approximate surface area is 349 Å². The molecule has 1 unspecified atom stereocenters. The van der Waals surface area contributed by atoms with Gasteiger partial charge < -0.3 is 26.5 Å². The second kappa shape index (κ2) is 20.2. The van der Waals surface area contributed by atoms with Gasteiger partial charge in [0, 0.05) is 31.4 Å². The van der Waals surface area contributed by atoms with E-state index in [0.717, 1.165) is 5.56 Å². The van der Waals surface area contributed by atoms with Crippen molar-refractivity contribution < 1.29 is 42.8 Å². The van der Waals surface area contributed by atoms with Crippen LogP contribution < -0.4 is 21.7 Å². The molecule has 0 aliphatic carbocycles. The van der Waals surface area contributed by atoms with Crippen LogP contribution in [-0.2, 0) is 34.9 Å². The first-order chi connectivity index (χ1) is 29.0. The van der Waals surface area contributed by atoms with Gasteiger partial charge in [0.1, 0.15) is 22.8 Å². The van der Waals surface area contributed by atoms with Crippen LogP contribution in [0.1, 0.15) is 124 Å². The number of nitrogens with two attached hydrogens (primary N) is 3. The van der Waals surface area contributed by atoms with Gasteiger partial charge in [-0.3, -0.25) is 24.2 Å². The molecule has 0 saturated heterocycles. The molecule has 0 bridgehead atoms. The SMILES string of the molecule is CCC(C)[C@@H](C(=O)OC)n1cc([C@@H](CCC(N)=O)n2cc([C@H](CCC(N)=O)n3cc([C@H](CCC(N)=O)n4cc([C@H](C)Cc5ccc(OP(=O)(O)O)cc5)nn4)nn3)nn2)nn1. The summed E-state index contributed by atoms with van der Waals surface area (Å²) in [5.74, 6) is -2.40. The van der Waals surface area contributed by atoms with Crippen LogP contribution >= 0.6 is 7.82 Å². The normalized spacial score (nSPS) is 14.7. The number of rotatable bonds is 24. The van der Waals surface area contributed by atoms with Crippen molar-refractivity contribution in [2.75, 3.05) is 7.11 Å². The number of ether oxygens (including phenoxy) is 1.